The summed E-state index contributed by atoms with van der Waals surface area (Å²) in [6.45, 7) is 10.8. The molecule has 90 valence electrons. The predicted octanol–water partition coefficient (Wildman–Crippen LogP) is 2.35. The maximum atomic E-state index is 3.44. The van der Waals surface area contributed by atoms with Crippen molar-refractivity contribution in [3.63, 3.8) is 0 Å². The van der Waals surface area contributed by atoms with E-state index >= 15 is 0 Å². The molecule has 1 saturated heterocycles. The number of hydrogen-bond acceptors (Lipinski definition) is 2. The molecule has 2 unspecified atom stereocenters. The standard InChI is InChI=1S/C13H28N2/c1-5-12-7-6-8-15(9-12)10-13(14-4)11(2)3/h11-14H,5-10H2,1-4H3. The molecule has 2 heteroatoms. The van der Waals surface area contributed by atoms with Crippen molar-refractivity contribution in [1.82, 2.24) is 10.2 Å². The Morgan fingerprint density at radius 2 is 2.13 bits per heavy atom. The van der Waals surface area contributed by atoms with Crippen LogP contribution in [0, 0.1) is 11.8 Å². The summed E-state index contributed by atoms with van der Waals surface area (Å²) in [7, 11) is 2.09. The summed E-state index contributed by atoms with van der Waals surface area (Å²) >= 11 is 0. The fourth-order valence-corrected chi connectivity index (χ4v) is 2.56. The fourth-order valence-electron chi connectivity index (χ4n) is 2.56. The van der Waals surface area contributed by atoms with Crippen molar-refractivity contribution < 1.29 is 0 Å². The van der Waals surface area contributed by atoms with E-state index in [-0.39, 0.29) is 0 Å². The lowest BCUT2D eigenvalue weighted by Crippen LogP contribution is -2.46. The minimum absolute atomic E-state index is 0.653. The Labute approximate surface area is 95.4 Å². The largest absolute Gasteiger partial charge is 0.315 e. The van der Waals surface area contributed by atoms with E-state index < -0.39 is 0 Å². The molecule has 1 heterocycles. The number of likely N-dealkylation sites (N-methyl/N-ethyl adjacent to an activating group) is 1. The third-order valence-corrected chi connectivity index (χ3v) is 3.81. The molecular weight excluding hydrogens is 184 g/mol. The van der Waals surface area contributed by atoms with Crippen LogP contribution in [0.1, 0.15) is 40.0 Å². The van der Waals surface area contributed by atoms with Crippen molar-refractivity contribution in [3.05, 3.63) is 0 Å². The van der Waals surface area contributed by atoms with Gasteiger partial charge in [-0.2, -0.15) is 0 Å². The van der Waals surface area contributed by atoms with Crippen molar-refractivity contribution >= 4 is 0 Å². The maximum absolute atomic E-state index is 3.44. The van der Waals surface area contributed by atoms with Gasteiger partial charge in [0.15, 0.2) is 0 Å². The molecule has 0 aromatic heterocycles. The Morgan fingerprint density at radius 1 is 1.40 bits per heavy atom. The summed E-state index contributed by atoms with van der Waals surface area (Å²) in [5, 5.41) is 3.44. The first-order chi connectivity index (χ1) is 7.17. The Morgan fingerprint density at radius 3 is 2.67 bits per heavy atom. The molecule has 15 heavy (non-hydrogen) atoms. The molecule has 0 aromatic rings. The minimum Gasteiger partial charge on any atom is -0.315 e. The summed E-state index contributed by atoms with van der Waals surface area (Å²) in [5.74, 6) is 1.68. The average Bonchev–Trinajstić information content (AvgIpc) is 2.25. The van der Waals surface area contributed by atoms with E-state index in [9.17, 15) is 0 Å². The Balaban J connectivity index is 2.36. The van der Waals surface area contributed by atoms with Crippen LogP contribution in [0.4, 0.5) is 0 Å². The molecule has 0 spiro atoms. The number of hydrogen-bond donors (Lipinski definition) is 1. The lowest BCUT2D eigenvalue weighted by Gasteiger charge is -2.35. The number of nitrogens with zero attached hydrogens (tertiary/aromatic N) is 1. The second-order valence-corrected chi connectivity index (χ2v) is 5.32. The molecule has 0 amide bonds. The van der Waals surface area contributed by atoms with Gasteiger partial charge in [0, 0.05) is 19.1 Å². The van der Waals surface area contributed by atoms with Crippen molar-refractivity contribution in [3.8, 4) is 0 Å². The Bertz CT molecular complexity index is 168. The zero-order chi connectivity index (χ0) is 11.3. The smallest absolute Gasteiger partial charge is 0.0214 e. The minimum atomic E-state index is 0.653. The van der Waals surface area contributed by atoms with Gasteiger partial charge in [0.25, 0.3) is 0 Å². The van der Waals surface area contributed by atoms with Gasteiger partial charge in [-0.3, -0.25) is 0 Å². The van der Waals surface area contributed by atoms with E-state index in [0.717, 1.165) is 11.8 Å². The molecule has 0 aliphatic carbocycles. The van der Waals surface area contributed by atoms with Gasteiger partial charge in [-0.05, 0) is 38.3 Å². The third-order valence-electron chi connectivity index (χ3n) is 3.81. The van der Waals surface area contributed by atoms with Crippen LogP contribution >= 0.6 is 0 Å². The summed E-state index contributed by atoms with van der Waals surface area (Å²) < 4.78 is 0. The molecule has 0 saturated carbocycles. The van der Waals surface area contributed by atoms with Gasteiger partial charge < -0.3 is 10.2 Å². The molecule has 1 aliphatic rings. The van der Waals surface area contributed by atoms with Crippen LogP contribution in [-0.2, 0) is 0 Å². The number of likely N-dealkylation sites (tertiary alicyclic amines) is 1. The normalized spacial score (nSPS) is 25.8. The van der Waals surface area contributed by atoms with E-state index in [1.807, 2.05) is 0 Å². The van der Waals surface area contributed by atoms with Crippen molar-refractivity contribution in [2.45, 2.75) is 46.1 Å². The van der Waals surface area contributed by atoms with Crippen molar-refractivity contribution in [2.75, 3.05) is 26.7 Å². The van der Waals surface area contributed by atoms with Gasteiger partial charge in [0.05, 0.1) is 0 Å². The van der Waals surface area contributed by atoms with Gasteiger partial charge >= 0.3 is 0 Å². The van der Waals surface area contributed by atoms with Gasteiger partial charge in [-0.25, -0.2) is 0 Å². The molecule has 0 radical (unpaired) electrons. The summed E-state index contributed by atoms with van der Waals surface area (Å²) in [4.78, 5) is 2.65. The van der Waals surface area contributed by atoms with E-state index in [0.29, 0.717) is 6.04 Å². The molecule has 2 nitrogen and oxygen atoms in total. The quantitative estimate of drug-likeness (QED) is 0.752. The lowest BCUT2D eigenvalue weighted by atomic mass is 9.94. The molecule has 1 N–H and O–H groups in total. The van der Waals surface area contributed by atoms with E-state index in [1.54, 1.807) is 0 Å². The second-order valence-electron chi connectivity index (χ2n) is 5.32. The summed E-state index contributed by atoms with van der Waals surface area (Å²) in [6.07, 6.45) is 4.19. The number of rotatable bonds is 5. The number of piperidine rings is 1. The molecule has 1 fully saturated rings. The third kappa shape index (κ3) is 4.12. The van der Waals surface area contributed by atoms with Crippen LogP contribution < -0.4 is 5.32 Å². The monoisotopic (exact) mass is 212 g/mol. The van der Waals surface area contributed by atoms with Crippen LogP contribution in [-0.4, -0.2) is 37.6 Å². The molecule has 1 rings (SSSR count). The molecule has 1 aliphatic heterocycles. The predicted molar refractivity (Wildman–Crippen MR) is 67.1 cm³/mol. The zero-order valence-electron chi connectivity index (χ0n) is 10.9. The highest BCUT2D eigenvalue weighted by molar-refractivity contribution is 4.78. The highest BCUT2D eigenvalue weighted by Gasteiger charge is 2.21. The van der Waals surface area contributed by atoms with Crippen molar-refractivity contribution in [2.24, 2.45) is 11.8 Å². The molecule has 2 atom stereocenters. The lowest BCUT2D eigenvalue weighted by molar-refractivity contribution is 0.148. The van der Waals surface area contributed by atoms with Gasteiger partial charge in [0.1, 0.15) is 0 Å². The Kier molecular flexibility index (Phi) is 5.62. The SMILES string of the molecule is CCC1CCCN(CC(NC)C(C)C)C1. The van der Waals surface area contributed by atoms with Crippen molar-refractivity contribution in [1.29, 1.82) is 0 Å². The highest BCUT2D eigenvalue weighted by Crippen LogP contribution is 2.19. The zero-order valence-corrected chi connectivity index (χ0v) is 10.9. The summed E-state index contributed by atoms with van der Waals surface area (Å²) in [6, 6.07) is 0.653. The van der Waals surface area contributed by atoms with E-state index in [1.165, 1.54) is 38.9 Å². The molecule has 0 bridgehead atoms. The molecular formula is C13H28N2. The van der Waals surface area contributed by atoms with Crippen LogP contribution in [0.2, 0.25) is 0 Å². The first-order valence-electron chi connectivity index (χ1n) is 6.57. The van der Waals surface area contributed by atoms with Gasteiger partial charge in [-0.15, -0.1) is 0 Å². The second kappa shape index (κ2) is 6.49. The number of nitrogens with one attached hydrogen (secondary N) is 1. The molecule has 0 aromatic carbocycles. The van der Waals surface area contributed by atoms with Crippen LogP contribution in [0.25, 0.3) is 0 Å². The first-order valence-corrected chi connectivity index (χ1v) is 6.57. The maximum Gasteiger partial charge on any atom is 0.0214 e. The van der Waals surface area contributed by atoms with Gasteiger partial charge in [0.2, 0.25) is 0 Å². The van der Waals surface area contributed by atoms with E-state index in [2.05, 4.69) is 38.0 Å². The van der Waals surface area contributed by atoms with Crippen LogP contribution in [0.5, 0.6) is 0 Å². The summed E-state index contributed by atoms with van der Waals surface area (Å²) in [5.41, 5.74) is 0. The van der Waals surface area contributed by atoms with Gasteiger partial charge in [-0.1, -0.05) is 27.2 Å². The van der Waals surface area contributed by atoms with E-state index in [4.69, 9.17) is 0 Å². The van der Waals surface area contributed by atoms with Crippen LogP contribution in [0.15, 0.2) is 0 Å². The van der Waals surface area contributed by atoms with Crippen LogP contribution in [0.3, 0.4) is 0 Å². The topological polar surface area (TPSA) is 15.3 Å². The fraction of sp³-hybridized carbons (Fsp3) is 1.00. The highest BCUT2D eigenvalue weighted by atomic mass is 15.2. The first kappa shape index (κ1) is 13.0. The average molecular weight is 212 g/mol. The Hall–Kier alpha value is -0.0800.